The summed E-state index contributed by atoms with van der Waals surface area (Å²) in [6.07, 6.45) is -5.26. The number of anilines is 2. The molecule has 1 N–H and O–H groups in total. The van der Waals surface area contributed by atoms with Crippen LogP contribution in [-0.2, 0) is 6.18 Å². The van der Waals surface area contributed by atoms with Crippen molar-refractivity contribution in [2.24, 2.45) is 0 Å². The number of non-ortho nitro benzene ring substituents is 1. The van der Waals surface area contributed by atoms with Gasteiger partial charge in [-0.25, -0.2) is 0 Å². The number of nitro benzene ring substituents is 3. The Hall–Kier alpha value is -3.19. The van der Waals surface area contributed by atoms with Gasteiger partial charge in [0.15, 0.2) is 0 Å². The first kappa shape index (κ1) is 21.1. The zero-order chi connectivity index (χ0) is 21.4. The van der Waals surface area contributed by atoms with Gasteiger partial charge in [0.2, 0.25) is 0 Å². The van der Waals surface area contributed by atoms with Gasteiger partial charge >= 0.3 is 6.18 Å². The van der Waals surface area contributed by atoms with E-state index in [-0.39, 0.29) is 16.1 Å². The Bertz CT molecular complexity index is 1010. The Morgan fingerprint density at radius 2 is 1.36 bits per heavy atom. The van der Waals surface area contributed by atoms with Crippen LogP contribution in [0, 0.1) is 30.3 Å². The maximum absolute atomic E-state index is 13.4. The number of halogens is 5. The molecule has 0 atom stereocenters. The average molecular weight is 441 g/mol. The Labute approximate surface area is 161 Å². The molecule has 0 bridgehead atoms. The molecule has 0 unspecified atom stereocenters. The fourth-order valence-corrected chi connectivity index (χ4v) is 2.46. The van der Waals surface area contributed by atoms with Crippen molar-refractivity contribution in [1.29, 1.82) is 0 Å². The van der Waals surface area contributed by atoms with Crippen LogP contribution in [0.5, 0.6) is 0 Å². The lowest BCUT2D eigenvalue weighted by Gasteiger charge is -2.15. The van der Waals surface area contributed by atoms with Crippen LogP contribution in [-0.4, -0.2) is 14.8 Å². The molecule has 0 saturated heterocycles. The number of benzene rings is 2. The lowest BCUT2D eigenvalue weighted by Crippen LogP contribution is -2.12. The highest BCUT2D eigenvalue weighted by molar-refractivity contribution is 6.42. The highest BCUT2D eigenvalue weighted by Gasteiger charge is 2.40. The minimum atomic E-state index is -5.26. The molecule has 28 heavy (non-hydrogen) atoms. The summed E-state index contributed by atoms with van der Waals surface area (Å²) in [4.78, 5) is 29.6. The van der Waals surface area contributed by atoms with Gasteiger partial charge in [0.25, 0.3) is 17.1 Å². The molecule has 2 rings (SSSR count). The van der Waals surface area contributed by atoms with Crippen molar-refractivity contribution in [3.8, 4) is 0 Å². The van der Waals surface area contributed by atoms with Gasteiger partial charge in [-0.05, 0) is 6.07 Å². The van der Waals surface area contributed by atoms with Crippen LogP contribution < -0.4 is 5.32 Å². The number of hydrogen-bond donors (Lipinski definition) is 1. The molecule has 2 aromatic carbocycles. The van der Waals surface area contributed by atoms with E-state index in [4.69, 9.17) is 23.2 Å². The Balaban J connectivity index is 2.82. The van der Waals surface area contributed by atoms with Crippen LogP contribution >= 0.6 is 23.2 Å². The zero-order valence-corrected chi connectivity index (χ0v) is 14.5. The van der Waals surface area contributed by atoms with Crippen LogP contribution in [0.4, 0.5) is 41.6 Å². The van der Waals surface area contributed by atoms with Crippen LogP contribution in [0.1, 0.15) is 5.56 Å². The molecule has 0 aliphatic heterocycles. The van der Waals surface area contributed by atoms with Gasteiger partial charge in [-0.15, -0.1) is 0 Å². The first-order valence-corrected chi connectivity index (χ1v) is 7.53. The van der Waals surface area contributed by atoms with E-state index in [1.807, 2.05) is 5.32 Å². The summed E-state index contributed by atoms with van der Waals surface area (Å²) in [6.45, 7) is 0. The maximum Gasteiger partial charge on any atom is 0.418 e. The number of rotatable bonds is 5. The van der Waals surface area contributed by atoms with E-state index in [1.165, 1.54) is 0 Å². The number of nitrogens with zero attached hydrogens (tertiary/aromatic N) is 3. The number of alkyl halides is 3. The number of nitro groups is 3. The Morgan fingerprint density at radius 3 is 1.82 bits per heavy atom. The molecule has 15 heteroatoms. The summed E-state index contributed by atoms with van der Waals surface area (Å²) in [6, 6.07) is 1.89. The van der Waals surface area contributed by atoms with Gasteiger partial charge in [-0.1, -0.05) is 23.2 Å². The second-order valence-corrected chi connectivity index (χ2v) is 5.88. The van der Waals surface area contributed by atoms with Crippen molar-refractivity contribution in [3.63, 3.8) is 0 Å². The van der Waals surface area contributed by atoms with E-state index >= 15 is 0 Å². The van der Waals surface area contributed by atoms with Crippen molar-refractivity contribution in [3.05, 3.63) is 70.2 Å². The van der Waals surface area contributed by atoms with Crippen molar-refractivity contribution in [2.45, 2.75) is 6.18 Å². The smallest absolute Gasteiger partial charge is 0.344 e. The van der Waals surface area contributed by atoms with Gasteiger partial charge in [0.05, 0.1) is 36.4 Å². The topological polar surface area (TPSA) is 141 Å². The molecular weight excluding hydrogens is 436 g/mol. The summed E-state index contributed by atoms with van der Waals surface area (Å²) < 4.78 is 40.1. The number of hydrogen-bond acceptors (Lipinski definition) is 7. The first-order chi connectivity index (χ1) is 12.8. The third-order valence-corrected chi connectivity index (χ3v) is 4.03. The van der Waals surface area contributed by atoms with Crippen molar-refractivity contribution in [1.82, 2.24) is 0 Å². The minimum absolute atomic E-state index is 0.0681. The molecule has 0 spiro atoms. The quantitative estimate of drug-likeness (QED) is 0.478. The van der Waals surface area contributed by atoms with Crippen LogP contribution in [0.25, 0.3) is 0 Å². The second kappa shape index (κ2) is 7.44. The third kappa shape index (κ3) is 4.20. The molecule has 0 amide bonds. The molecule has 0 aliphatic rings. The van der Waals surface area contributed by atoms with Gasteiger partial charge < -0.3 is 5.32 Å². The lowest BCUT2D eigenvalue weighted by molar-refractivity contribution is -0.394. The zero-order valence-electron chi connectivity index (χ0n) is 13.0. The summed E-state index contributed by atoms with van der Waals surface area (Å²) in [5.41, 5.74) is -6.97. The summed E-state index contributed by atoms with van der Waals surface area (Å²) in [7, 11) is 0. The van der Waals surface area contributed by atoms with Gasteiger partial charge in [-0.2, -0.15) is 13.2 Å². The van der Waals surface area contributed by atoms with E-state index < -0.39 is 54.9 Å². The molecule has 2 aromatic rings. The predicted octanol–water partition coefficient (Wildman–Crippen LogP) is 5.48. The largest absolute Gasteiger partial charge is 0.418 e. The van der Waals surface area contributed by atoms with Crippen LogP contribution in [0.2, 0.25) is 10.0 Å². The SMILES string of the molecule is O=[N+]([O-])c1cc([N+](=O)[O-])c(Nc2cc(Cl)c(Cl)cc2[N+](=O)[O-])c(C(F)(F)F)c1. The Morgan fingerprint density at radius 1 is 0.821 bits per heavy atom. The van der Waals surface area contributed by atoms with E-state index in [2.05, 4.69) is 0 Å². The van der Waals surface area contributed by atoms with Crippen LogP contribution in [0.3, 0.4) is 0 Å². The van der Waals surface area contributed by atoms with E-state index in [0.717, 1.165) is 12.1 Å². The van der Waals surface area contributed by atoms with E-state index in [9.17, 15) is 43.5 Å². The highest BCUT2D eigenvalue weighted by atomic mass is 35.5. The van der Waals surface area contributed by atoms with E-state index in [1.54, 1.807) is 0 Å². The molecule has 148 valence electrons. The summed E-state index contributed by atoms with van der Waals surface area (Å²) >= 11 is 11.4. The van der Waals surface area contributed by atoms with Gasteiger partial charge in [0.1, 0.15) is 11.4 Å². The molecule has 0 saturated carbocycles. The van der Waals surface area contributed by atoms with Gasteiger partial charge in [0, 0.05) is 12.1 Å². The van der Waals surface area contributed by atoms with Crippen LogP contribution in [0.15, 0.2) is 24.3 Å². The molecular formula is C13H5Cl2F3N4O6. The molecule has 0 aromatic heterocycles. The normalized spacial score (nSPS) is 11.2. The monoisotopic (exact) mass is 440 g/mol. The lowest BCUT2D eigenvalue weighted by atomic mass is 10.1. The fraction of sp³-hybridized carbons (Fsp3) is 0.0769. The third-order valence-electron chi connectivity index (χ3n) is 3.31. The maximum atomic E-state index is 13.4. The predicted molar refractivity (Wildman–Crippen MR) is 91.2 cm³/mol. The summed E-state index contributed by atoms with van der Waals surface area (Å²) in [5, 5.41) is 34.5. The molecule has 0 aliphatic carbocycles. The van der Waals surface area contributed by atoms with Crippen molar-refractivity contribution in [2.75, 3.05) is 5.32 Å². The van der Waals surface area contributed by atoms with E-state index in [0.29, 0.717) is 6.07 Å². The first-order valence-electron chi connectivity index (χ1n) is 6.77. The highest BCUT2D eigenvalue weighted by Crippen LogP contribution is 2.45. The fourth-order valence-electron chi connectivity index (χ4n) is 2.14. The average Bonchev–Trinajstić information content (AvgIpc) is 2.56. The van der Waals surface area contributed by atoms with Gasteiger partial charge in [-0.3, -0.25) is 30.3 Å². The number of nitrogens with one attached hydrogen (secondary N) is 1. The molecule has 0 radical (unpaired) electrons. The summed E-state index contributed by atoms with van der Waals surface area (Å²) in [5.74, 6) is 0. The van der Waals surface area contributed by atoms with Crippen molar-refractivity contribution < 1.29 is 27.9 Å². The Kier molecular flexibility index (Phi) is 5.61. The molecule has 10 nitrogen and oxygen atoms in total. The molecule has 0 heterocycles. The second-order valence-electron chi connectivity index (χ2n) is 5.07. The standard InChI is InChI=1S/C13H5Cl2F3N4O6/c14-7-3-9(10(21(25)26)4-8(7)15)19-12-6(13(16,17)18)1-5(20(23)24)2-11(12)22(27)28/h1-4,19H. The molecule has 0 fully saturated rings. The van der Waals surface area contributed by atoms with Crippen molar-refractivity contribution >= 4 is 51.6 Å². The minimum Gasteiger partial charge on any atom is -0.344 e.